The SMILES string of the molecule is COc1ccc(N(C)c2cnnc3cc(-c4cc(Cl)ccc4OCC4CNC(=O)C4)ccc23)c(OC)c1. The lowest BCUT2D eigenvalue weighted by molar-refractivity contribution is -0.119. The van der Waals surface area contributed by atoms with E-state index in [1.807, 2.05) is 60.5 Å². The summed E-state index contributed by atoms with van der Waals surface area (Å²) in [6.07, 6.45) is 2.21. The molecule has 0 bridgehead atoms. The molecule has 1 unspecified atom stereocenters. The van der Waals surface area contributed by atoms with Crippen LogP contribution in [0.15, 0.2) is 60.8 Å². The van der Waals surface area contributed by atoms with Crippen LogP contribution in [0.5, 0.6) is 17.2 Å². The Bertz CT molecular complexity index is 1460. The van der Waals surface area contributed by atoms with Crippen molar-refractivity contribution in [2.24, 2.45) is 5.92 Å². The number of aromatic nitrogens is 2. The Morgan fingerprint density at radius 1 is 1.03 bits per heavy atom. The minimum absolute atomic E-state index is 0.0612. The average Bonchev–Trinajstić information content (AvgIpc) is 3.35. The van der Waals surface area contributed by atoms with Gasteiger partial charge in [-0.25, -0.2) is 0 Å². The highest BCUT2D eigenvalue weighted by Crippen LogP contribution is 2.39. The summed E-state index contributed by atoms with van der Waals surface area (Å²) in [5.41, 5.74) is 4.23. The molecule has 5 rings (SSSR count). The number of rotatable bonds is 8. The number of anilines is 2. The molecule has 37 heavy (non-hydrogen) atoms. The first-order valence-corrected chi connectivity index (χ1v) is 12.2. The zero-order chi connectivity index (χ0) is 25.9. The summed E-state index contributed by atoms with van der Waals surface area (Å²) in [6.45, 7) is 1.07. The average molecular weight is 519 g/mol. The summed E-state index contributed by atoms with van der Waals surface area (Å²) in [5, 5.41) is 13.0. The van der Waals surface area contributed by atoms with Crippen LogP contribution < -0.4 is 24.4 Å². The fraction of sp³-hybridized carbons (Fsp3) is 0.250. The van der Waals surface area contributed by atoms with Gasteiger partial charge < -0.3 is 24.4 Å². The van der Waals surface area contributed by atoms with Crippen LogP contribution in [0.4, 0.5) is 11.4 Å². The molecule has 190 valence electrons. The first-order valence-electron chi connectivity index (χ1n) is 11.9. The van der Waals surface area contributed by atoms with E-state index >= 15 is 0 Å². The number of hydrogen-bond donors (Lipinski definition) is 1. The Morgan fingerprint density at radius 2 is 1.89 bits per heavy atom. The summed E-state index contributed by atoms with van der Waals surface area (Å²) < 4.78 is 17.1. The van der Waals surface area contributed by atoms with Gasteiger partial charge in [-0.05, 0) is 48.0 Å². The van der Waals surface area contributed by atoms with Gasteiger partial charge in [-0.1, -0.05) is 17.7 Å². The lowest BCUT2D eigenvalue weighted by Gasteiger charge is -2.23. The summed E-state index contributed by atoms with van der Waals surface area (Å²) in [7, 11) is 5.21. The molecular formula is C28H27ClN4O4. The molecule has 0 saturated carbocycles. The van der Waals surface area contributed by atoms with Gasteiger partial charge in [-0.15, -0.1) is 0 Å². The predicted octanol–water partition coefficient (Wildman–Crippen LogP) is 5.25. The van der Waals surface area contributed by atoms with E-state index in [4.69, 9.17) is 25.8 Å². The van der Waals surface area contributed by atoms with Gasteiger partial charge in [0.25, 0.3) is 0 Å². The number of carbonyl (C=O) groups excluding carboxylic acids is 1. The Labute approximate surface area is 220 Å². The minimum Gasteiger partial charge on any atom is -0.497 e. The number of nitrogens with one attached hydrogen (secondary N) is 1. The second-order valence-corrected chi connectivity index (χ2v) is 9.32. The number of benzene rings is 3. The van der Waals surface area contributed by atoms with Gasteiger partial charge in [0.05, 0.1) is 43.9 Å². The molecule has 8 nitrogen and oxygen atoms in total. The number of ether oxygens (including phenoxy) is 3. The highest BCUT2D eigenvalue weighted by molar-refractivity contribution is 6.31. The van der Waals surface area contributed by atoms with Gasteiger partial charge >= 0.3 is 0 Å². The van der Waals surface area contributed by atoms with E-state index in [1.165, 1.54) is 0 Å². The molecule has 1 fully saturated rings. The van der Waals surface area contributed by atoms with Gasteiger partial charge in [0.15, 0.2) is 0 Å². The van der Waals surface area contributed by atoms with Gasteiger partial charge in [0.1, 0.15) is 17.2 Å². The van der Waals surface area contributed by atoms with Crippen molar-refractivity contribution in [2.75, 3.05) is 39.3 Å². The molecule has 1 N–H and O–H groups in total. The second kappa shape index (κ2) is 10.5. The van der Waals surface area contributed by atoms with Gasteiger partial charge in [0, 0.05) is 48.0 Å². The molecule has 1 aliphatic heterocycles. The smallest absolute Gasteiger partial charge is 0.220 e. The highest BCUT2D eigenvalue weighted by Gasteiger charge is 2.22. The third kappa shape index (κ3) is 5.11. The third-order valence-electron chi connectivity index (χ3n) is 6.52. The van der Waals surface area contributed by atoms with Crippen molar-refractivity contribution in [3.8, 4) is 28.4 Å². The summed E-state index contributed by atoms with van der Waals surface area (Å²) in [5.74, 6) is 2.31. The maximum absolute atomic E-state index is 11.5. The molecule has 4 aromatic rings. The van der Waals surface area contributed by atoms with Gasteiger partial charge in [0.2, 0.25) is 5.91 Å². The maximum Gasteiger partial charge on any atom is 0.220 e. The van der Waals surface area contributed by atoms with Crippen molar-refractivity contribution in [1.82, 2.24) is 15.5 Å². The predicted molar refractivity (Wildman–Crippen MR) is 144 cm³/mol. The first-order chi connectivity index (χ1) is 18.0. The highest BCUT2D eigenvalue weighted by atomic mass is 35.5. The summed E-state index contributed by atoms with van der Waals surface area (Å²) >= 11 is 6.35. The molecule has 1 aliphatic rings. The molecule has 1 aromatic heterocycles. The van der Waals surface area contributed by atoms with Crippen LogP contribution in [0, 0.1) is 5.92 Å². The number of methoxy groups -OCH3 is 2. The Hall–Kier alpha value is -4.04. The molecule has 9 heteroatoms. The van der Waals surface area contributed by atoms with Gasteiger partial charge in [-0.3, -0.25) is 4.79 Å². The number of fused-ring (bicyclic) bond motifs is 1. The van der Waals surface area contributed by atoms with E-state index < -0.39 is 0 Å². The number of hydrogen-bond acceptors (Lipinski definition) is 7. The van der Waals surface area contributed by atoms with Crippen molar-refractivity contribution in [2.45, 2.75) is 6.42 Å². The van der Waals surface area contributed by atoms with Crippen LogP contribution in [-0.2, 0) is 4.79 Å². The number of halogens is 1. The lowest BCUT2D eigenvalue weighted by Crippen LogP contribution is -2.16. The Balaban J connectivity index is 1.48. The molecule has 0 spiro atoms. The molecule has 0 radical (unpaired) electrons. The van der Waals surface area contributed by atoms with Gasteiger partial charge in [-0.2, -0.15) is 10.2 Å². The minimum atomic E-state index is 0.0612. The van der Waals surface area contributed by atoms with E-state index in [-0.39, 0.29) is 11.8 Å². The monoisotopic (exact) mass is 518 g/mol. The van der Waals surface area contributed by atoms with Crippen LogP contribution in [0.3, 0.4) is 0 Å². The zero-order valence-electron chi connectivity index (χ0n) is 20.8. The quantitative estimate of drug-likeness (QED) is 0.341. The molecular weight excluding hydrogens is 492 g/mol. The van der Waals surface area contributed by atoms with E-state index in [0.717, 1.165) is 33.4 Å². The second-order valence-electron chi connectivity index (χ2n) is 8.88. The molecule has 1 atom stereocenters. The summed E-state index contributed by atoms with van der Waals surface area (Å²) in [4.78, 5) is 13.6. The molecule has 1 saturated heterocycles. The van der Waals surface area contributed by atoms with Crippen LogP contribution in [0.2, 0.25) is 5.02 Å². The molecule has 0 aliphatic carbocycles. The van der Waals surface area contributed by atoms with E-state index in [9.17, 15) is 4.79 Å². The third-order valence-corrected chi connectivity index (χ3v) is 6.75. The van der Waals surface area contributed by atoms with Crippen molar-refractivity contribution in [1.29, 1.82) is 0 Å². The van der Waals surface area contributed by atoms with E-state index in [1.54, 1.807) is 26.5 Å². The largest absolute Gasteiger partial charge is 0.497 e. The normalized spacial score (nSPS) is 14.9. The van der Waals surface area contributed by atoms with Crippen LogP contribution in [0.25, 0.3) is 22.0 Å². The number of carbonyl (C=O) groups is 1. The fourth-order valence-corrected chi connectivity index (χ4v) is 4.69. The van der Waals surface area contributed by atoms with Crippen molar-refractivity contribution >= 4 is 39.8 Å². The Kier molecular flexibility index (Phi) is 7.01. The molecule has 3 aromatic carbocycles. The molecule has 2 heterocycles. The topological polar surface area (TPSA) is 85.8 Å². The van der Waals surface area contributed by atoms with E-state index in [2.05, 4.69) is 15.5 Å². The van der Waals surface area contributed by atoms with Crippen molar-refractivity contribution in [3.63, 3.8) is 0 Å². The number of nitrogens with zero attached hydrogens (tertiary/aromatic N) is 3. The number of amides is 1. The van der Waals surface area contributed by atoms with E-state index in [0.29, 0.717) is 41.8 Å². The standard InChI is InChI=1S/C28H27ClN4O4/c1-33(24-8-6-20(35-2)13-27(24)36-3)25-15-31-32-23-11-18(4-7-21(23)25)22-12-19(29)5-9-26(22)37-16-17-10-28(34)30-14-17/h4-9,11-13,15,17H,10,14,16H2,1-3H3,(H,30,34). The molecule has 1 amide bonds. The fourth-order valence-electron chi connectivity index (χ4n) is 4.52. The lowest BCUT2D eigenvalue weighted by atomic mass is 10.0. The Morgan fingerprint density at radius 3 is 2.65 bits per heavy atom. The van der Waals surface area contributed by atoms with Crippen LogP contribution >= 0.6 is 11.6 Å². The maximum atomic E-state index is 11.5. The van der Waals surface area contributed by atoms with Crippen molar-refractivity contribution < 1.29 is 19.0 Å². The zero-order valence-corrected chi connectivity index (χ0v) is 21.6. The van der Waals surface area contributed by atoms with Crippen LogP contribution in [-0.4, -0.2) is 50.5 Å². The van der Waals surface area contributed by atoms with Crippen molar-refractivity contribution in [3.05, 3.63) is 65.8 Å². The summed E-state index contributed by atoms with van der Waals surface area (Å²) in [6, 6.07) is 17.2. The first kappa shape index (κ1) is 24.6. The van der Waals surface area contributed by atoms with Crippen LogP contribution in [0.1, 0.15) is 6.42 Å².